The Labute approximate surface area is 46.3 Å². The minimum Gasteiger partial charge on any atom is -0.389 e. The Morgan fingerprint density at radius 3 is 2.00 bits per heavy atom. The summed E-state index contributed by atoms with van der Waals surface area (Å²) in [5, 5.41) is 0. The molecular weight excluding hydrogens is 116 g/mol. The zero-order chi connectivity index (χ0) is 5.86. The molecule has 0 aliphatic carbocycles. The quantitative estimate of drug-likeness (QED) is 0.300. The zero-order valence-corrected chi connectivity index (χ0v) is 4.57. The number of thiol groups is 1. The first kappa shape index (κ1) is 6.49. The first-order valence-corrected chi connectivity index (χ1v) is 1.91. The highest BCUT2D eigenvalue weighted by molar-refractivity contribution is 7.75. The molecule has 40 valence electrons. The molecule has 0 rings (SSSR count). The summed E-state index contributed by atoms with van der Waals surface area (Å²) in [4.78, 5) is 19.7. The fraction of sp³-hybridized carbons (Fsp3) is 0.333. The second-order valence-corrected chi connectivity index (χ2v) is 1.12. The average Bonchev–Trinajstić information content (AvgIpc) is 1.65. The average molecular weight is 120 g/mol. The fourth-order valence-corrected chi connectivity index (χ4v) is 0.193. The van der Waals surface area contributed by atoms with Crippen molar-refractivity contribution in [1.29, 1.82) is 0 Å². The predicted octanol–water partition coefficient (Wildman–Crippen LogP) is -0.0366. The Bertz CT molecular complexity index is 98.4. The van der Waals surface area contributed by atoms with Crippen molar-refractivity contribution in [1.82, 2.24) is 0 Å². The summed E-state index contributed by atoms with van der Waals surface area (Å²) in [5.41, 5.74) is 0. The highest BCUT2D eigenvalue weighted by Gasteiger charge is 2.04. The molecule has 0 spiro atoms. The van der Waals surface area contributed by atoms with Gasteiger partial charge in [-0.25, -0.2) is 4.79 Å². The lowest BCUT2D eigenvalue weighted by molar-refractivity contribution is -0.144. The molecule has 0 saturated heterocycles. The third-order valence-corrected chi connectivity index (χ3v) is 0.536. The summed E-state index contributed by atoms with van der Waals surface area (Å²) in [6.07, 6.45) is 0. The van der Waals surface area contributed by atoms with Crippen LogP contribution in [-0.2, 0) is 13.8 Å². The normalized spacial score (nSPS) is 7.71. The van der Waals surface area contributed by atoms with E-state index in [0.717, 1.165) is 6.92 Å². The number of carbonyl (C=O) groups is 2. The van der Waals surface area contributed by atoms with Crippen LogP contribution < -0.4 is 0 Å². The Morgan fingerprint density at radius 1 is 1.57 bits per heavy atom. The van der Waals surface area contributed by atoms with Crippen molar-refractivity contribution in [2.24, 2.45) is 0 Å². The molecule has 0 aliphatic heterocycles. The van der Waals surface area contributed by atoms with Crippen LogP contribution in [0.25, 0.3) is 0 Å². The summed E-state index contributed by atoms with van der Waals surface area (Å²) in [5.74, 6) is -1.57. The largest absolute Gasteiger partial charge is 0.389 e. The molecule has 0 N–H and O–H groups in total. The van der Waals surface area contributed by atoms with E-state index in [0.29, 0.717) is 0 Å². The molecule has 0 bridgehead atoms. The Hall–Kier alpha value is -0.510. The smallest absolute Gasteiger partial charge is 0.386 e. The van der Waals surface area contributed by atoms with Crippen LogP contribution in [-0.4, -0.2) is 11.8 Å². The third kappa shape index (κ3) is 2.22. The second-order valence-electron chi connectivity index (χ2n) is 0.935. The summed E-state index contributed by atoms with van der Waals surface area (Å²) < 4.78 is 3.72. The number of hydrogen-bond donors (Lipinski definition) is 1. The summed E-state index contributed by atoms with van der Waals surface area (Å²) >= 11 is 3.08. The number of Topliss-reactive ketones (excluding diaryl/α,β-unsaturated/α-hetero) is 1. The maximum atomic E-state index is 9.86. The molecule has 0 amide bonds. The highest BCUT2D eigenvalue weighted by atomic mass is 32.1. The molecule has 0 aromatic rings. The summed E-state index contributed by atoms with van der Waals surface area (Å²) in [6.45, 7) is 1.11. The van der Waals surface area contributed by atoms with Gasteiger partial charge >= 0.3 is 5.97 Å². The van der Waals surface area contributed by atoms with Gasteiger partial charge in [0, 0.05) is 19.8 Å². The van der Waals surface area contributed by atoms with Gasteiger partial charge < -0.3 is 4.18 Å². The Morgan fingerprint density at radius 2 is 2.00 bits per heavy atom. The molecule has 0 aliphatic rings. The van der Waals surface area contributed by atoms with Gasteiger partial charge in [-0.2, -0.15) is 0 Å². The molecule has 0 saturated carbocycles. The van der Waals surface area contributed by atoms with Crippen LogP contribution in [0.15, 0.2) is 0 Å². The molecule has 7 heavy (non-hydrogen) atoms. The molecule has 0 aromatic heterocycles. The van der Waals surface area contributed by atoms with Gasteiger partial charge in [0.1, 0.15) is 0 Å². The number of carbonyl (C=O) groups excluding carboxylic acids is 2. The maximum absolute atomic E-state index is 9.86. The first-order chi connectivity index (χ1) is 3.18. The lowest BCUT2D eigenvalue weighted by atomic mass is 10.5. The molecule has 0 fully saturated rings. The van der Waals surface area contributed by atoms with Crippen LogP contribution in [0.3, 0.4) is 0 Å². The predicted molar refractivity (Wildman–Crippen MR) is 25.8 cm³/mol. The van der Waals surface area contributed by atoms with Crippen LogP contribution in [0.4, 0.5) is 0 Å². The van der Waals surface area contributed by atoms with Gasteiger partial charge in [-0.3, -0.25) is 4.79 Å². The standard InChI is InChI=1S/C3H4O3S/c1-2(4)3(5)6-7/h7H,1H3. The van der Waals surface area contributed by atoms with Gasteiger partial charge in [0.05, 0.1) is 0 Å². The minimum atomic E-state index is -0.927. The summed E-state index contributed by atoms with van der Waals surface area (Å²) in [7, 11) is 0. The number of rotatable bonds is 1. The van der Waals surface area contributed by atoms with E-state index < -0.39 is 11.8 Å². The molecule has 0 atom stereocenters. The van der Waals surface area contributed by atoms with E-state index in [4.69, 9.17) is 0 Å². The van der Waals surface area contributed by atoms with E-state index in [1.807, 2.05) is 0 Å². The molecule has 0 aromatic carbocycles. The Balaban J connectivity index is 3.58. The van der Waals surface area contributed by atoms with Gasteiger partial charge in [0.15, 0.2) is 0 Å². The summed E-state index contributed by atoms with van der Waals surface area (Å²) in [6, 6.07) is 0. The van der Waals surface area contributed by atoms with E-state index >= 15 is 0 Å². The molecule has 3 nitrogen and oxygen atoms in total. The molecule has 0 unspecified atom stereocenters. The SMILES string of the molecule is CC(=O)C(=O)OS. The van der Waals surface area contributed by atoms with Crippen LogP contribution in [0.5, 0.6) is 0 Å². The van der Waals surface area contributed by atoms with Gasteiger partial charge in [0.2, 0.25) is 5.78 Å². The molecular formula is C3H4O3S. The molecule has 4 heteroatoms. The van der Waals surface area contributed by atoms with E-state index in [9.17, 15) is 9.59 Å². The van der Waals surface area contributed by atoms with Crippen molar-refractivity contribution in [3.05, 3.63) is 0 Å². The Kier molecular flexibility index (Phi) is 2.44. The highest BCUT2D eigenvalue weighted by Crippen LogP contribution is 1.80. The fourth-order valence-electron chi connectivity index (χ4n) is 0.0643. The van der Waals surface area contributed by atoms with Gasteiger partial charge in [-0.05, 0) is 0 Å². The minimum absolute atomic E-state index is 0.644. The molecule has 0 heterocycles. The third-order valence-electron chi connectivity index (χ3n) is 0.370. The van der Waals surface area contributed by atoms with E-state index in [1.54, 1.807) is 0 Å². The van der Waals surface area contributed by atoms with Crippen molar-refractivity contribution in [3.63, 3.8) is 0 Å². The van der Waals surface area contributed by atoms with E-state index in [-0.39, 0.29) is 0 Å². The van der Waals surface area contributed by atoms with Crippen LogP contribution >= 0.6 is 12.9 Å². The van der Waals surface area contributed by atoms with Crippen molar-refractivity contribution in [2.75, 3.05) is 0 Å². The van der Waals surface area contributed by atoms with Crippen LogP contribution in [0.2, 0.25) is 0 Å². The lowest BCUT2D eigenvalue weighted by Crippen LogP contribution is -2.07. The number of hydrogen-bond acceptors (Lipinski definition) is 4. The van der Waals surface area contributed by atoms with Crippen molar-refractivity contribution in [3.8, 4) is 0 Å². The van der Waals surface area contributed by atoms with Crippen molar-refractivity contribution >= 4 is 24.7 Å². The van der Waals surface area contributed by atoms with Crippen LogP contribution in [0.1, 0.15) is 6.92 Å². The number of ketones is 1. The topological polar surface area (TPSA) is 43.4 Å². The van der Waals surface area contributed by atoms with Crippen LogP contribution in [0, 0.1) is 0 Å². The monoisotopic (exact) mass is 120 g/mol. The maximum Gasteiger partial charge on any atom is 0.386 e. The second kappa shape index (κ2) is 2.63. The van der Waals surface area contributed by atoms with Gasteiger partial charge in [-0.1, -0.05) is 0 Å². The lowest BCUT2D eigenvalue weighted by Gasteiger charge is -1.84. The van der Waals surface area contributed by atoms with Gasteiger partial charge in [0.25, 0.3) is 0 Å². The zero-order valence-electron chi connectivity index (χ0n) is 3.67. The van der Waals surface area contributed by atoms with Crippen molar-refractivity contribution in [2.45, 2.75) is 6.92 Å². The van der Waals surface area contributed by atoms with Gasteiger partial charge in [-0.15, -0.1) is 0 Å². The molecule has 0 radical (unpaired) electrons. The van der Waals surface area contributed by atoms with E-state index in [2.05, 4.69) is 17.1 Å². The van der Waals surface area contributed by atoms with Crippen molar-refractivity contribution < 1.29 is 13.8 Å². The van der Waals surface area contributed by atoms with E-state index in [1.165, 1.54) is 0 Å². The first-order valence-electron chi connectivity index (χ1n) is 1.54.